The lowest BCUT2D eigenvalue weighted by atomic mass is 9.46. The van der Waals surface area contributed by atoms with Gasteiger partial charge in [0.25, 0.3) is 0 Å². The van der Waals surface area contributed by atoms with E-state index >= 15 is 0 Å². The van der Waals surface area contributed by atoms with Crippen molar-refractivity contribution in [2.45, 2.75) is 88.9 Å². The van der Waals surface area contributed by atoms with E-state index in [1.54, 1.807) is 0 Å². The fraction of sp³-hybridized carbons (Fsp3) is 0.900. The number of alkyl halides is 3. The molecule has 0 aliphatic heterocycles. The molecule has 27 heavy (non-hydrogen) atoms. The molecule has 0 saturated heterocycles. The van der Waals surface area contributed by atoms with Crippen molar-refractivity contribution < 1.29 is 22.8 Å². The Morgan fingerprint density at radius 3 is 2.07 bits per heavy atom. The Morgan fingerprint density at radius 2 is 1.56 bits per heavy atom. The van der Waals surface area contributed by atoms with Gasteiger partial charge in [-0.3, -0.25) is 9.59 Å². The molecule has 2 amide bonds. The highest BCUT2D eigenvalue weighted by atomic mass is 19.4. The summed E-state index contributed by atoms with van der Waals surface area (Å²) in [5.74, 6) is -0.331. The van der Waals surface area contributed by atoms with Crippen LogP contribution in [0.3, 0.4) is 0 Å². The van der Waals surface area contributed by atoms with Crippen LogP contribution in [0, 0.1) is 23.2 Å². The largest absolute Gasteiger partial charge is 0.391 e. The van der Waals surface area contributed by atoms with E-state index in [2.05, 4.69) is 10.6 Å². The van der Waals surface area contributed by atoms with Crippen molar-refractivity contribution in [3.63, 3.8) is 0 Å². The van der Waals surface area contributed by atoms with Gasteiger partial charge in [0.15, 0.2) is 0 Å². The summed E-state index contributed by atoms with van der Waals surface area (Å²) in [7, 11) is 0. The monoisotopic (exact) mass is 386 g/mol. The third-order valence-corrected chi connectivity index (χ3v) is 7.51. The van der Waals surface area contributed by atoms with Gasteiger partial charge < -0.3 is 10.6 Å². The maximum Gasteiger partial charge on any atom is 0.391 e. The zero-order valence-corrected chi connectivity index (χ0v) is 15.8. The minimum absolute atomic E-state index is 0.0155. The van der Waals surface area contributed by atoms with Crippen molar-refractivity contribution in [2.75, 3.05) is 0 Å². The number of hydrogen-bond donors (Lipinski definition) is 2. The first-order valence-electron chi connectivity index (χ1n) is 10.3. The molecular weight excluding hydrogens is 357 g/mol. The van der Waals surface area contributed by atoms with Gasteiger partial charge in [-0.1, -0.05) is 0 Å². The summed E-state index contributed by atoms with van der Waals surface area (Å²) in [5.41, 5.74) is -0.714. The van der Waals surface area contributed by atoms with E-state index in [0.717, 1.165) is 32.1 Å². The van der Waals surface area contributed by atoms with Crippen LogP contribution >= 0.6 is 0 Å². The Balaban J connectivity index is 1.42. The van der Waals surface area contributed by atoms with E-state index in [4.69, 9.17) is 0 Å². The Morgan fingerprint density at radius 1 is 0.963 bits per heavy atom. The second-order valence-corrected chi connectivity index (χ2v) is 9.77. The first-order valence-corrected chi connectivity index (χ1v) is 10.3. The highest BCUT2D eigenvalue weighted by Gasteiger charge is 2.61. The first kappa shape index (κ1) is 19.1. The highest BCUT2D eigenvalue weighted by Crippen LogP contribution is 2.61. The molecule has 0 spiro atoms. The Labute approximate surface area is 158 Å². The van der Waals surface area contributed by atoms with Crippen LogP contribution in [0.2, 0.25) is 0 Å². The summed E-state index contributed by atoms with van der Waals surface area (Å²) >= 11 is 0. The van der Waals surface area contributed by atoms with Crippen LogP contribution < -0.4 is 10.6 Å². The molecule has 0 heterocycles. The van der Waals surface area contributed by atoms with E-state index in [9.17, 15) is 22.8 Å². The molecule has 2 N–H and O–H groups in total. The van der Waals surface area contributed by atoms with Crippen molar-refractivity contribution in [1.82, 2.24) is 10.6 Å². The van der Waals surface area contributed by atoms with E-state index in [1.807, 2.05) is 0 Å². The molecule has 5 rings (SSSR count). The van der Waals surface area contributed by atoms with Crippen LogP contribution in [0.1, 0.15) is 71.1 Å². The SMILES string of the molecule is CC(=O)NC12CC3CC(C1)CC(C(=O)NC1CCC(C(F)(F)F)CC1)(C3)C2. The Hall–Kier alpha value is -1.27. The fourth-order valence-corrected chi connectivity index (χ4v) is 6.95. The van der Waals surface area contributed by atoms with E-state index in [0.29, 0.717) is 31.1 Å². The Bertz CT molecular complexity index is 611. The molecule has 0 radical (unpaired) electrons. The summed E-state index contributed by atoms with van der Waals surface area (Å²) < 4.78 is 38.6. The van der Waals surface area contributed by atoms with Crippen LogP contribution in [0.5, 0.6) is 0 Å². The molecule has 4 bridgehead atoms. The smallest absolute Gasteiger partial charge is 0.353 e. The van der Waals surface area contributed by atoms with Crippen molar-refractivity contribution in [1.29, 1.82) is 0 Å². The van der Waals surface area contributed by atoms with Crippen LogP contribution in [-0.4, -0.2) is 29.6 Å². The number of halogens is 3. The first-order chi connectivity index (χ1) is 12.6. The summed E-state index contributed by atoms with van der Waals surface area (Å²) in [6.45, 7) is 1.53. The van der Waals surface area contributed by atoms with Gasteiger partial charge in [-0.25, -0.2) is 0 Å². The third kappa shape index (κ3) is 3.58. The van der Waals surface area contributed by atoms with E-state index < -0.39 is 17.5 Å². The number of carbonyl (C=O) groups excluding carboxylic acids is 2. The normalized spacial score (nSPS) is 43.4. The maximum absolute atomic E-state index is 13.2. The molecule has 5 saturated carbocycles. The Kier molecular flexibility index (Phi) is 4.50. The van der Waals surface area contributed by atoms with Gasteiger partial charge >= 0.3 is 6.18 Å². The third-order valence-electron chi connectivity index (χ3n) is 7.51. The maximum atomic E-state index is 13.2. The lowest BCUT2D eigenvalue weighted by Crippen LogP contribution is -2.66. The molecule has 5 fully saturated rings. The fourth-order valence-electron chi connectivity index (χ4n) is 6.95. The lowest BCUT2D eigenvalue weighted by molar-refractivity contribution is -0.183. The second-order valence-electron chi connectivity index (χ2n) is 9.77. The van der Waals surface area contributed by atoms with Crippen LogP contribution in [-0.2, 0) is 9.59 Å². The summed E-state index contributed by atoms with van der Waals surface area (Å²) in [5, 5.41) is 6.25. The topological polar surface area (TPSA) is 58.2 Å². The molecule has 5 aliphatic carbocycles. The molecule has 0 aromatic heterocycles. The average Bonchev–Trinajstić information content (AvgIpc) is 2.52. The molecule has 5 aliphatic rings. The van der Waals surface area contributed by atoms with Crippen LogP contribution in [0.25, 0.3) is 0 Å². The standard InChI is InChI=1S/C20H29F3N2O2/c1-12(26)25-19-9-13-6-14(10-19)8-18(7-13,11-19)17(27)24-16-4-2-15(3-5-16)20(21,22)23/h13-16H,2-11H2,1H3,(H,24,27)(H,25,26). The van der Waals surface area contributed by atoms with Crippen molar-refractivity contribution >= 4 is 11.8 Å². The van der Waals surface area contributed by atoms with E-state index in [-0.39, 0.29) is 36.2 Å². The quantitative estimate of drug-likeness (QED) is 0.777. The average molecular weight is 386 g/mol. The summed E-state index contributed by atoms with van der Waals surface area (Å²) in [6.07, 6.45) is 2.30. The van der Waals surface area contributed by atoms with Gasteiger partial charge in [0.2, 0.25) is 11.8 Å². The predicted octanol–water partition coefficient (Wildman–Crippen LogP) is 3.70. The minimum atomic E-state index is -4.13. The molecule has 0 aromatic carbocycles. The zero-order chi connectivity index (χ0) is 19.4. The zero-order valence-electron chi connectivity index (χ0n) is 15.8. The number of amides is 2. The second kappa shape index (κ2) is 6.38. The predicted molar refractivity (Wildman–Crippen MR) is 93.6 cm³/mol. The highest BCUT2D eigenvalue weighted by molar-refractivity contribution is 5.84. The molecule has 7 heteroatoms. The number of hydrogen-bond acceptors (Lipinski definition) is 2. The molecule has 2 unspecified atom stereocenters. The molecule has 2 atom stereocenters. The minimum Gasteiger partial charge on any atom is -0.353 e. The lowest BCUT2D eigenvalue weighted by Gasteiger charge is -2.61. The van der Waals surface area contributed by atoms with E-state index in [1.165, 1.54) is 6.92 Å². The summed E-state index contributed by atoms with van der Waals surface area (Å²) in [4.78, 5) is 25.0. The van der Waals surface area contributed by atoms with Gasteiger partial charge in [0.1, 0.15) is 0 Å². The van der Waals surface area contributed by atoms with Crippen molar-refractivity contribution in [3.8, 4) is 0 Å². The van der Waals surface area contributed by atoms with Crippen LogP contribution in [0.15, 0.2) is 0 Å². The number of carbonyl (C=O) groups is 2. The molecule has 0 aromatic rings. The van der Waals surface area contributed by atoms with Gasteiger partial charge in [-0.15, -0.1) is 0 Å². The number of nitrogens with one attached hydrogen (secondary N) is 2. The van der Waals surface area contributed by atoms with Gasteiger partial charge in [0, 0.05) is 18.5 Å². The van der Waals surface area contributed by atoms with Crippen molar-refractivity contribution in [3.05, 3.63) is 0 Å². The van der Waals surface area contributed by atoms with Gasteiger partial charge in [0.05, 0.1) is 11.3 Å². The van der Waals surface area contributed by atoms with Crippen molar-refractivity contribution in [2.24, 2.45) is 23.2 Å². The molecular formula is C20H29F3N2O2. The van der Waals surface area contributed by atoms with Gasteiger partial charge in [-0.05, 0) is 76.0 Å². The number of rotatable bonds is 3. The summed E-state index contributed by atoms with van der Waals surface area (Å²) in [6, 6.07) is -0.152. The molecule has 4 nitrogen and oxygen atoms in total. The molecule has 152 valence electrons. The van der Waals surface area contributed by atoms with Gasteiger partial charge in [-0.2, -0.15) is 13.2 Å². The van der Waals surface area contributed by atoms with Crippen LogP contribution in [0.4, 0.5) is 13.2 Å².